The number of benzene rings is 1. The topological polar surface area (TPSA) is 59.5 Å². The van der Waals surface area contributed by atoms with Crippen LogP contribution in [0.5, 0.6) is 0 Å². The Bertz CT molecular complexity index is 769. The zero-order chi connectivity index (χ0) is 15.7. The Morgan fingerprint density at radius 2 is 1.77 bits per heavy atom. The number of halogens is 2. The van der Waals surface area contributed by atoms with Gasteiger partial charge in [-0.2, -0.15) is 0 Å². The first-order valence-electron chi connectivity index (χ1n) is 6.48. The van der Waals surface area contributed by atoms with Gasteiger partial charge in [-0.1, -0.05) is 34.5 Å². The Hall–Kier alpha value is -0.860. The number of ether oxygens (including phenoxy) is 1. The Kier molecular flexibility index (Phi) is 4.61. The van der Waals surface area contributed by atoms with E-state index in [4.69, 9.17) is 27.9 Å². The summed E-state index contributed by atoms with van der Waals surface area (Å²) in [7, 11) is -3.75. The van der Waals surface area contributed by atoms with E-state index < -0.39 is 9.84 Å². The standard InChI is InChI=1S/C13H12Cl2N2O3S2/c14-9-1-3-10(4-2-9)22(18,19)12-11(15)21-13(16-12)17-5-7-20-8-6-17/h1-4H,5-8H2. The minimum absolute atomic E-state index is 0.108. The fourth-order valence-electron chi connectivity index (χ4n) is 2.06. The van der Waals surface area contributed by atoms with Crippen molar-refractivity contribution in [2.75, 3.05) is 31.2 Å². The zero-order valence-electron chi connectivity index (χ0n) is 11.3. The first-order chi connectivity index (χ1) is 10.5. The molecule has 0 spiro atoms. The lowest BCUT2D eigenvalue weighted by Gasteiger charge is -2.25. The molecule has 0 saturated carbocycles. The van der Waals surface area contributed by atoms with E-state index in [-0.39, 0.29) is 14.3 Å². The lowest BCUT2D eigenvalue weighted by Crippen LogP contribution is -2.36. The molecule has 1 saturated heterocycles. The summed E-state index contributed by atoms with van der Waals surface area (Å²) in [6.07, 6.45) is 0. The second-order valence-corrected chi connectivity index (χ2v) is 8.51. The summed E-state index contributed by atoms with van der Waals surface area (Å²) in [6, 6.07) is 5.94. The van der Waals surface area contributed by atoms with Crippen molar-refractivity contribution >= 4 is 49.5 Å². The third-order valence-corrected chi connectivity index (χ3v) is 6.71. The third-order valence-electron chi connectivity index (χ3n) is 3.21. The highest BCUT2D eigenvalue weighted by Gasteiger charge is 2.27. The number of aromatic nitrogens is 1. The molecule has 0 amide bonds. The van der Waals surface area contributed by atoms with Crippen LogP contribution in [0.25, 0.3) is 0 Å². The van der Waals surface area contributed by atoms with E-state index in [0.717, 1.165) is 0 Å². The van der Waals surface area contributed by atoms with Crippen molar-refractivity contribution in [3.63, 3.8) is 0 Å². The van der Waals surface area contributed by atoms with Crippen LogP contribution in [-0.4, -0.2) is 39.7 Å². The number of thiazole rings is 1. The summed E-state index contributed by atoms with van der Waals surface area (Å²) in [4.78, 5) is 6.34. The van der Waals surface area contributed by atoms with Gasteiger partial charge in [0.1, 0.15) is 4.34 Å². The maximum atomic E-state index is 12.6. The normalized spacial score (nSPS) is 16.0. The number of hydrogen-bond donors (Lipinski definition) is 0. The molecule has 5 nitrogen and oxygen atoms in total. The van der Waals surface area contributed by atoms with Crippen LogP contribution in [0.3, 0.4) is 0 Å². The molecule has 1 aromatic carbocycles. The third kappa shape index (κ3) is 3.09. The van der Waals surface area contributed by atoms with Crippen molar-refractivity contribution in [3.8, 4) is 0 Å². The van der Waals surface area contributed by atoms with E-state index in [2.05, 4.69) is 4.98 Å². The van der Waals surface area contributed by atoms with E-state index in [1.54, 1.807) is 0 Å². The van der Waals surface area contributed by atoms with E-state index in [1.165, 1.54) is 35.6 Å². The van der Waals surface area contributed by atoms with Crippen molar-refractivity contribution in [1.82, 2.24) is 4.98 Å². The summed E-state index contributed by atoms with van der Waals surface area (Å²) in [5.74, 6) is 0. The molecule has 1 aromatic heterocycles. The van der Waals surface area contributed by atoms with Crippen molar-refractivity contribution in [2.24, 2.45) is 0 Å². The number of sulfone groups is 1. The van der Waals surface area contributed by atoms with Gasteiger partial charge in [-0.25, -0.2) is 13.4 Å². The smallest absolute Gasteiger partial charge is 0.226 e. The predicted octanol–water partition coefficient (Wildman–Crippen LogP) is 3.12. The average Bonchev–Trinajstić information content (AvgIpc) is 2.91. The van der Waals surface area contributed by atoms with Gasteiger partial charge in [0.25, 0.3) is 0 Å². The maximum Gasteiger partial charge on any atom is 0.226 e. The second kappa shape index (κ2) is 6.33. The highest BCUT2D eigenvalue weighted by Crippen LogP contribution is 2.36. The summed E-state index contributed by atoms with van der Waals surface area (Å²) in [5, 5.41) is 0.959. The van der Waals surface area contributed by atoms with Crippen LogP contribution in [0, 0.1) is 0 Å². The molecule has 0 N–H and O–H groups in total. The number of rotatable bonds is 3. The molecule has 2 heterocycles. The van der Waals surface area contributed by atoms with Gasteiger partial charge in [0, 0.05) is 18.1 Å². The van der Waals surface area contributed by atoms with Crippen LogP contribution < -0.4 is 4.90 Å². The van der Waals surface area contributed by atoms with E-state index in [9.17, 15) is 8.42 Å². The maximum absolute atomic E-state index is 12.6. The van der Waals surface area contributed by atoms with Gasteiger partial charge >= 0.3 is 0 Å². The summed E-state index contributed by atoms with van der Waals surface area (Å²) in [6.45, 7) is 2.53. The monoisotopic (exact) mass is 378 g/mol. The van der Waals surface area contributed by atoms with Crippen LogP contribution in [0.2, 0.25) is 9.36 Å². The molecule has 3 rings (SSSR count). The van der Waals surface area contributed by atoms with Gasteiger partial charge in [0.15, 0.2) is 10.2 Å². The van der Waals surface area contributed by atoms with Crippen LogP contribution in [0.15, 0.2) is 34.2 Å². The van der Waals surface area contributed by atoms with Crippen molar-refractivity contribution in [1.29, 1.82) is 0 Å². The second-order valence-electron chi connectivity index (χ2n) is 4.63. The SMILES string of the molecule is O=S(=O)(c1ccc(Cl)cc1)c1nc(N2CCOCC2)sc1Cl. The molecule has 0 bridgehead atoms. The highest BCUT2D eigenvalue weighted by atomic mass is 35.5. The summed E-state index contributed by atoms with van der Waals surface area (Å²) < 4.78 is 30.7. The molecule has 118 valence electrons. The van der Waals surface area contributed by atoms with E-state index >= 15 is 0 Å². The molecule has 0 atom stereocenters. The van der Waals surface area contributed by atoms with Crippen molar-refractivity contribution < 1.29 is 13.2 Å². The Balaban J connectivity index is 1.97. The number of morpholine rings is 1. The minimum Gasteiger partial charge on any atom is -0.378 e. The Morgan fingerprint density at radius 3 is 2.41 bits per heavy atom. The molecule has 1 fully saturated rings. The van der Waals surface area contributed by atoms with Crippen molar-refractivity contribution in [3.05, 3.63) is 33.6 Å². The fraction of sp³-hybridized carbons (Fsp3) is 0.308. The largest absolute Gasteiger partial charge is 0.378 e. The summed E-state index contributed by atoms with van der Waals surface area (Å²) in [5.41, 5.74) is 0. The van der Waals surface area contributed by atoms with Crippen LogP contribution >= 0.6 is 34.5 Å². The van der Waals surface area contributed by atoms with Gasteiger partial charge in [-0.15, -0.1) is 0 Å². The average molecular weight is 379 g/mol. The van der Waals surface area contributed by atoms with Crippen LogP contribution in [0.4, 0.5) is 5.13 Å². The van der Waals surface area contributed by atoms with E-state index in [0.29, 0.717) is 36.5 Å². The number of hydrogen-bond acceptors (Lipinski definition) is 6. The molecule has 22 heavy (non-hydrogen) atoms. The molecule has 0 aliphatic carbocycles. The molecule has 2 aromatic rings. The van der Waals surface area contributed by atoms with Gasteiger partial charge in [0.2, 0.25) is 9.84 Å². The molecule has 1 aliphatic heterocycles. The van der Waals surface area contributed by atoms with Gasteiger partial charge in [-0.05, 0) is 24.3 Å². The Morgan fingerprint density at radius 1 is 1.14 bits per heavy atom. The van der Waals surface area contributed by atoms with Gasteiger partial charge in [-0.3, -0.25) is 0 Å². The van der Waals surface area contributed by atoms with E-state index in [1.807, 2.05) is 4.90 Å². The highest BCUT2D eigenvalue weighted by molar-refractivity contribution is 7.91. The quantitative estimate of drug-likeness (QED) is 0.820. The summed E-state index contributed by atoms with van der Waals surface area (Å²) >= 11 is 13.1. The van der Waals surface area contributed by atoms with Gasteiger partial charge in [0.05, 0.1) is 18.1 Å². The predicted molar refractivity (Wildman–Crippen MR) is 87.1 cm³/mol. The lowest BCUT2D eigenvalue weighted by atomic mass is 10.4. The molecule has 1 aliphatic rings. The molecule has 0 radical (unpaired) electrons. The first kappa shape index (κ1) is 16.0. The molecule has 0 unspecified atom stereocenters. The van der Waals surface area contributed by atoms with Crippen molar-refractivity contribution in [2.45, 2.75) is 9.92 Å². The zero-order valence-corrected chi connectivity index (χ0v) is 14.5. The minimum atomic E-state index is -3.75. The molecule has 9 heteroatoms. The van der Waals surface area contributed by atoms with Gasteiger partial charge < -0.3 is 9.64 Å². The Labute approximate surface area is 142 Å². The number of nitrogens with zero attached hydrogens (tertiary/aromatic N) is 2. The fourth-order valence-corrected chi connectivity index (χ4v) is 5.13. The lowest BCUT2D eigenvalue weighted by molar-refractivity contribution is 0.122. The first-order valence-corrected chi connectivity index (χ1v) is 9.54. The van der Waals surface area contributed by atoms with Crippen LogP contribution in [0.1, 0.15) is 0 Å². The number of anilines is 1. The molecular formula is C13H12Cl2N2O3S2. The molecular weight excluding hydrogens is 367 g/mol. The van der Waals surface area contributed by atoms with Crippen LogP contribution in [-0.2, 0) is 14.6 Å².